The predicted molar refractivity (Wildman–Crippen MR) is 123 cm³/mol. The number of amides is 1. The van der Waals surface area contributed by atoms with Crippen LogP contribution in [0.25, 0.3) is 0 Å². The number of hydrogen-bond donors (Lipinski definition) is 0. The zero-order valence-corrected chi connectivity index (χ0v) is 18.2. The summed E-state index contributed by atoms with van der Waals surface area (Å²) in [6.45, 7) is 12.8. The van der Waals surface area contributed by atoms with E-state index < -0.39 is 0 Å². The normalized spacial score (nSPS) is 22.5. The summed E-state index contributed by atoms with van der Waals surface area (Å²) in [6, 6.07) is 0. The van der Waals surface area contributed by atoms with Gasteiger partial charge in [-0.2, -0.15) is 0 Å². The minimum atomic E-state index is 0.104. The van der Waals surface area contributed by atoms with Crippen molar-refractivity contribution in [1.29, 1.82) is 0 Å². The Bertz CT molecular complexity index is 915. The molecule has 0 aromatic carbocycles. The van der Waals surface area contributed by atoms with E-state index in [4.69, 9.17) is 4.99 Å². The Morgan fingerprint density at radius 3 is 2.90 bits per heavy atom. The Kier molecular flexibility index (Phi) is 6.18. The van der Waals surface area contributed by atoms with Crippen molar-refractivity contribution < 1.29 is 4.79 Å². The highest BCUT2D eigenvalue weighted by Crippen LogP contribution is 2.32. The summed E-state index contributed by atoms with van der Waals surface area (Å²) in [4.78, 5) is 24.8. The van der Waals surface area contributed by atoms with Crippen molar-refractivity contribution in [2.75, 3.05) is 39.3 Å². The standard InChI is InChI=1S/C25H32N4O/c1-4-5-11-21(19(2)3)17-29-24(30)22-18-27(16-20-9-7-6-8-10-20)14-12-23(22)28-15-13-26-25(28)29/h4-5,7,9-11H,2,6,8,12-18H2,1,3H3/b5-4-,21-11-. The molecule has 0 unspecified atom stereocenters. The molecule has 0 N–H and O–H groups in total. The average molecular weight is 405 g/mol. The molecule has 158 valence electrons. The van der Waals surface area contributed by atoms with Crippen molar-refractivity contribution in [3.8, 4) is 0 Å². The van der Waals surface area contributed by atoms with Crippen LogP contribution in [0.15, 0.2) is 76.0 Å². The molecule has 1 amide bonds. The largest absolute Gasteiger partial charge is 0.314 e. The first kappa shape index (κ1) is 20.6. The smallest absolute Gasteiger partial charge is 0.259 e. The summed E-state index contributed by atoms with van der Waals surface area (Å²) in [5.41, 5.74) is 5.53. The molecule has 0 atom stereocenters. The number of nitrogens with zero attached hydrogens (tertiary/aromatic N) is 4. The Labute approximate surface area is 180 Å². The number of fused-ring (bicyclic) bond motifs is 2. The van der Waals surface area contributed by atoms with E-state index in [1.807, 2.05) is 30.9 Å². The van der Waals surface area contributed by atoms with Gasteiger partial charge in [-0.1, -0.05) is 48.6 Å². The number of allylic oxidation sites excluding steroid dienone is 5. The Hall–Kier alpha value is -2.66. The molecule has 3 heterocycles. The van der Waals surface area contributed by atoms with Crippen LogP contribution in [0, 0.1) is 0 Å². The van der Waals surface area contributed by atoms with Crippen molar-refractivity contribution in [2.45, 2.75) is 33.1 Å². The van der Waals surface area contributed by atoms with Gasteiger partial charge in [0.25, 0.3) is 5.91 Å². The molecule has 4 aliphatic rings. The molecule has 0 bridgehead atoms. The highest BCUT2D eigenvalue weighted by molar-refractivity contribution is 6.10. The lowest BCUT2D eigenvalue weighted by Crippen LogP contribution is -2.54. The van der Waals surface area contributed by atoms with Gasteiger partial charge in [0.2, 0.25) is 5.96 Å². The van der Waals surface area contributed by atoms with Crippen molar-refractivity contribution in [2.24, 2.45) is 4.99 Å². The molecular formula is C25H32N4O. The number of carbonyl (C=O) groups is 1. The molecule has 4 rings (SSSR count). The lowest BCUT2D eigenvalue weighted by molar-refractivity contribution is -0.124. The third-order valence-corrected chi connectivity index (χ3v) is 6.13. The molecule has 30 heavy (non-hydrogen) atoms. The molecule has 0 saturated heterocycles. The van der Waals surface area contributed by atoms with E-state index in [2.05, 4.69) is 40.7 Å². The molecule has 5 nitrogen and oxygen atoms in total. The van der Waals surface area contributed by atoms with Gasteiger partial charge in [0.05, 0.1) is 18.7 Å². The first-order valence-corrected chi connectivity index (χ1v) is 11.0. The summed E-state index contributed by atoms with van der Waals surface area (Å²) >= 11 is 0. The topological polar surface area (TPSA) is 39.2 Å². The van der Waals surface area contributed by atoms with Gasteiger partial charge in [0, 0.05) is 38.3 Å². The highest BCUT2D eigenvalue weighted by Gasteiger charge is 2.41. The Balaban J connectivity index is 1.58. The second kappa shape index (κ2) is 9.00. The van der Waals surface area contributed by atoms with E-state index >= 15 is 0 Å². The second-order valence-electron chi connectivity index (χ2n) is 8.37. The van der Waals surface area contributed by atoms with Crippen molar-refractivity contribution in [3.63, 3.8) is 0 Å². The third-order valence-electron chi connectivity index (χ3n) is 6.13. The predicted octanol–water partition coefficient (Wildman–Crippen LogP) is 3.82. The van der Waals surface area contributed by atoms with Crippen LogP contribution in [-0.2, 0) is 4.79 Å². The fourth-order valence-corrected chi connectivity index (χ4v) is 4.51. The first-order chi connectivity index (χ1) is 14.6. The van der Waals surface area contributed by atoms with Crippen LogP contribution in [0.4, 0.5) is 0 Å². The zero-order chi connectivity index (χ0) is 21.1. The monoisotopic (exact) mass is 404 g/mol. The SMILES string of the molecule is C=C(C)/C(=C\C=C/C)CN1C(=O)C2=C(CCN(CC3=CCCC=C3)C2)N2CCN=C12. The van der Waals surface area contributed by atoms with Gasteiger partial charge in [-0.15, -0.1) is 0 Å². The van der Waals surface area contributed by atoms with Gasteiger partial charge in [-0.05, 0) is 37.8 Å². The van der Waals surface area contributed by atoms with E-state index in [9.17, 15) is 4.79 Å². The van der Waals surface area contributed by atoms with Crippen LogP contribution in [0.5, 0.6) is 0 Å². The third kappa shape index (κ3) is 4.12. The number of guanidine groups is 1. The van der Waals surface area contributed by atoms with Gasteiger partial charge < -0.3 is 4.90 Å². The summed E-state index contributed by atoms with van der Waals surface area (Å²) in [7, 11) is 0. The molecule has 0 aromatic heterocycles. The molecule has 3 aliphatic heterocycles. The molecule has 0 radical (unpaired) electrons. The van der Waals surface area contributed by atoms with Gasteiger partial charge in [0.1, 0.15) is 0 Å². The van der Waals surface area contributed by atoms with Crippen molar-refractivity contribution in [3.05, 3.63) is 71.0 Å². The minimum absolute atomic E-state index is 0.104. The quantitative estimate of drug-likeness (QED) is 0.632. The van der Waals surface area contributed by atoms with Crippen LogP contribution in [0.2, 0.25) is 0 Å². The van der Waals surface area contributed by atoms with E-state index in [1.54, 1.807) is 0 Å². The lowest BCUT2D eigenvalue weighted by atomic mass is 9.98. The van der Waals surface area contributed by atoms with Gasteiger partial charge in [0.15, 0.2) is 0 Å². The zero-order valence-electron chi connectivity index (χ0n) is 18.2. The summed E-state index contributed by atoms with van der Waals surface area (Å²) < 4.78 is 0. The molecular weight excluding hydrogens is 372 g/mol. The Morgan fingerprint density at radius 1 is 1.30 bits per heavy atom. The second-order valence-corrected chi connectivity index (χ2v) is 8.37. The lowest BCUT2D eigenvalue weighted by Gasteiger charge is -2.42. The molecule has 0 saturated carbocycles. The average Bonchev–Trinajstić information content (AvgIpc) is 3.23. The Morgan fingerprint density at radius 2 is 2.17 bits per heavy atom. The molecule has 0 fully saturated rings. The van der Waals surface area contributed by atoms with E-state index in [-0.39, 0.29) is 5.91 Å². The number of rotatable bonds is 6. The van der Waals surface area contributed by atoms with Crippen molar-refractivity contribution >= 4 is 11.9 Å². The maximum absolute atomic E-state index is 13.6. The summed E-state index contributed by atoms with van der Waals surface area (Å²) in [5, 5.41) is 0. The van der Waals surface area contributed by atoms with E-state index in [1.165, 1.54) is 11.3 Å². The van der Waals surface area contributed by atoms with Gasteiger partial charge >= 0.3 is 0 Å². The van der Waals surface area contributed by atoms with E-state index in [0.717, 1.165) is 68.1 Å². The minimum Gasteiger partial charge on any atom is -0.314 e. The first-order valence-electron chi connectivity index (χ1n) is 11.0. The van der Waals surface area contributed by atoms with Gasteiger partial charge in [-0.25, -0.2) is 0 Å². The van der Waals surface area contributed by atoms with Crippen LogP contribution >= 0.6 is 0 Å². The number of carbonyl (C=O) groups excluding carboxylic acids is 1. The molecule has 0 spiro atoms. The van der Waals surface area contributed by atoms with Crippen molar-refractivity contribution in [1.82, 2.24) is 14.7 Å². The summed E-state index contributed by atoms with van der Waals surface area (Å²) in [5.74, 6) is 0.921. The van der Waals surface area contributed by atoms with Crippen LogP contribution in [0.3, 0.4) is 0 Å². The molecule has 5 heteroatoms. The van der Waals surface area contributed by atoms with E-state index in [0.29, 0.717) is 13.1 Å². The number of aliphatic imine (C=N–C) groups is 1. The maximum atomic E-state index is 13.6. The highest BCUT2D eigenvalue weighted by atomic mass is 16.2. The van der Waals surface area contributed by atoms with Gasteiger partial charge in [-0.3, -0.25) is 19.6 Å². The molecule has 0 aromatic rings. The number of hydrogen-bond acceptors (Lipinski definition) is 4. The molecule has 1 aliphatic carbocycles. The van der Waals surface area contributed by atoms with Crippen LogP contribution in [0.1, 0.15) is 33.1 Å². The fraction of sp³-hybridized carbons (Fsp3) is 0.440. The maximum Gasteiger partial charge on any atom is 0.259 e. The van der Waals surface area contributed by atoms with Crippen LogP contribution in [-0.4, -0.2) is 65.8 Å². The van der Waals surface area contributed by atoms with Crippen LogP contribution < -0.4 is 0 Å². The fourth-order valence-electron chi connectivity index (χ4n) is 4.51. The summed E-state index contributed by atoms with van der Waals surface area (Å²) in [6.07, 6.45) is 16.0.